The van der Waals surface area contributed by atoms with E-state index in [0.29, 0.717) is 0 Å². The molecule has 0 fully saturated rings. The summed E-state index contributed by atoms with van der Waals surface area (Å²) < 4.78 is 0. The highest BCUT2D eigenvalue weighted by Gasteiger charge is 2.21. The minimum atomic E-state index is 0.912. The predicted molar refractivity (Wildman–Crippen MR) is 88.0 cm³/mol. The molecule has 0 aliphatic carbocycles. The molecule has 1 heterocycles. The van der Waals surface area contributed by atoms with Crippen LogP contribution in [0.4, 0.5) is 11.4 Å². The molecule has 4 rings (SSSR count). The second-order valence-corrected chi connectivity index (χ2v) is 5.51. The topological polar surface area (TPSA) is 3.24 Å². The van der Waals surface area contributed by atoms with E-state index in [1.54, 1.807) is 0 Å². The van der Waals surface area contributed by atoms with Gasteiger partial charge in [-0.1, -0.05) is 66.7 Å². The lowest BCUT2D eigenvalue weighted by Gasteiger charge is -2.33. The Morgan fingerprint density at radius 2 is 1.14 bits per heavy atom. The fourth-order valence-corrected chi connectivity index (χ4v) is 3.12. The first-order valence-corrected chi connectivity index (χ1v) is 7.39. The van der Waals surface area contributed by atoms with Crippen LogP contribution in [0.25, 0.3) is 0 Å². The summed E-state index contributed by atoms with van der Waals surface area (Å²) in [5.41, 5.74) is 6.82. The van der Waals surface area contributed by atoms with Crippen molar-refractivity contribution in [3.63, 3.8) is 0 Å². The largest absolute Gasteiger partial charge is 0.337 e. The Kier molecular flexibility index (Phi) is 2.97. The van der Waals surface area contributed by atoms with Crippen LogP contribution in [-0.4, -0.2) is 0 Å². The van der Waals surface area contributed by atoms with Crippen molar-refractivity contribution in [1.82, 2.24) is 0 Å². The van der Waals surface area contributed by atoms with Gasteiger partial charge in [0, 0.05) is 24.3 Å². The van der Waals surface area contributed by atoms with Crippen LogP contribution in [0, 0.1) is 0 Å². The molecule has 0 atom stereocenters. The summed E-state index contributed by atoms with van der Waals surface area (Å²) in [6.45, 7) is 0.912. The molecule has 0 spiro atoms. The van der Waals surface area contributed by atoms with Crippen LogP contribution in [0.15, 0.2) is 78.9 Å². The highest BCUT2D eigenvalue weighted by Crippen LogP contribution is 2.39. The first kappa shape index (κ1) is 12.2. The number of nitrogens with zero attached hydrogens (tertiary/aromatic N) is 1. The third-order valence-electron chi connectivity index (χ3n) is 4.13. The van der Waals surface area contributed by atoms with Crippen molar-refractivity contribution in [2.24, 2.45) is 0 Å². The molecule has 0 unspecified atom stereocenters. The highest BCUT2D eigenvalue weighted by atomic mass is 15.1. The van der Waals surface area contributed by atoms with E-state index >= 15 is 0 Å². The Labute approximate surface area is 125 Å². The summed E-state index contributed by atoms with van der Waals surface area (Å²) >= 11 is 0. The molecule has 0 radical (unpaired) electrons. The van der Waals surface area contributed by atoms with Gasteiger partial charge in [0.25, 0.3) is 0 Å². The Balaban J connectivity index is 1.82. The predicted octanol–water partition coefficient (Wildman–Crippen LogP) is 4.93. The van der Waals surface area contributed by atoms with Gasteiger partial charge >= 0.3 is 0 Å². The molecule has 1 heteroatoms. The fraction of sp³-hybridized carbons (Fsp3) is 0.100. The lowest BCUT2D eigenvalue weighted by molar-refractivity contribution is 0.926. The fourth-order valence-electron chi connectivity index (χ4n) is 3.12. The van der Waals surface area contributed by atoms with Gasteiger partial charge in [0.05, 0.1) is 0 Å². The third-order valence-corrected chi connectivity index (χ3v) is 4.13. The molecule has 0 amide bonds. The summed E-state index contributed by atoms with van der Waals surface area (Å²) in [6, 6.07) is 28.1. The van der Waals surface area contributed by atoms with Crippen LogP contribution in [0.2, 0.25) is 0 Å². The van der Waals surface area contributed by atoms with E-state index in [0.717, 1.165) is 13.0 Å². The molecule has 0 bridgehead atoms. The Morgan fingerprint density at radius 1 is 0.619 bits per heavy atom. The van der Waals surface area contributed by atoms with E-state index < -0.39 is 0 Å². The Morgan fingerprint density at radius 3 is 1.76 bits per heavy atom. The second kappa shape index (κ2) is 5.10. The van der Waals surface area contributed by atoms with Crippen molar-refractivity contribution >= 4 is 11.4 Å². The number of hydrogen-bond donors (Lipinski definition) is 0. The molecule has 0 saturated carbocycles. The quantitative estimate of drug-likeness (QED) is 0.639. The second-order valence-electron chi connectivity index (χ2n) is 5.51. The van der Waals surface area contributed by atoms with Crippen molar-refractivity contribution < 1.29 is 0 Å². The zero-order valence-electron chi connectivity index (χ0n) is 11.9. The number of anilines is 2. The van der Waals surface area contributed by atoms with Crippen LogP contribution >= 0.6 is 0 Å². The minimum absolute atomic E-state index is 0.912. The van der Waals surface area contributed by atoms with Crippen LogP contribution in [0.1, 0.15) is 16.7 Å². The maximum absolute atomic E-state index is 2.43. The Bertz CT molecular complexity index is 716. The number of rotatable bonds is 2. The van der Waals surface area contributed by atoms with Gasteiger partial charge in [-0.15, -0.1) is 0 Å². The SMILES string of the molecule is c1ccc(CN2c3ccccc3Cc3ccccc32)cc1. The van der Waals surface area contributed by atoms with E-state index in [1.807, 2.05) is 0 Å². The van der Waals surface area contributed by atoms with E-state index in [2.05, 4.69) is 83.8 Å². The van der Waals surface area contributed by atoms with Gasteiger partial charge in [0.2, 0.25) is 0 Å². The molecule has 3 aromatic rings. The van der Waals surface area contributed by atoms with Gasteiger partial charge in [-0.05, 0) is 28.8 Å². The van der Waals surface area contributed by atoms with Crippen molar-refractivity contribution in [2.75, 3.05) is 4.90 Å². The summed E-state index contributed by atoms with van der Waals surface area (Å²) in [4.78, 5) is 2.43. The highest BCUT2D eigenvalue weighted by molar-refractivity contribution is 5.74. The number of fused-ring (bicyclic) bond motifs is 2. The zero-order chi connectivity index (χ0) is 14.1. The van der Waals surface area contributed by atoms with Crippen molar-refractivity contribution in [3.8, 4) is 0 Å². The average molecular weight is 271 g/mol. The van der Waals surface area contributed by atoms with Gasteiger partial charge in [0.15, 0.2) is 0 Å². The number of benzene rings is 3. The molecular weight excluding hydrogens is 254 g/mol. The summed E-state index contributed by atoms with van der Waals surface area (Å²) in [6.07, 6.45) is 1.03. The normalized spacial score (nSPS) is 12.7. The van der Waals surface area contributed by atoms with Gasteiger partial charge in [-0.25, -0.2) is 0 Å². The maximum Gasteiger partial charge on any atom is 0.0481 e. The van der Waals surface area contributed by atoms with E-state index in [1.165, 1.54) is 28.1 Å². The molecule has 1 nitrogen and oxygen atoms in total. The molecule has 1 aliphatic heterocycles. The van der Waals surface area contributed by atoms with Gasteiger partial charge in [-0.3, -0.25) is 0 Å². The standard InChI is InChI=1S/C20H17N/c1-2-8-16(9-3-1)15-21-19-12-6-4-10-17(19)14-18-11-5-7-13-20(18)21/h1-13H,14-15H2. The molecule has 21 heavy (non-hydrogen) atoms. The zero-order valence-corrected chi connectivity index (χ0v) is 11.9. The van der Waals surface area contributed by atoms with Crippen LogP contribution in [-0.2, 0) is 13.0 Å². The molecule has 3 aromatic carbocycles. The lowest BCUT2D eigenvalue weighted by atomic mass is 9.95. The molecular formula is C20H17N. The first-order valence-electron chi connectivity index (χ1n) is 7.39. The van der Waals surface area contributed by atoms with Gasteiger partial charge < -0.3 is 4.90 Å². The Hall–Kier alpha value is -2.54. The van der Waals surface area contributed by atoms with Crippen molar-refractivity contribution in [2.45, 2.75) is 13.0 Å². The molecule has 102 valence electrons. The smallest absolute Gasteiger partial charge is 0.0481 e. The maximum atomic E-state index is 2.43. The van der Waals surface area contributed by atoms with Crippen molar-refractivity contribution in [1.29, 1.82) is 0 Å². The molecule has 0 N–H and O–H groups in total. The van der Waals surface area contributed by atoms with Crippen molar-refractivity contribution in [3.05, 3.63) is 95.6 Å². The lowest BCUT2D eigenvalue weighted by Crippen LogP contribution is -2.22. The van der Waals surface area contributed by atoms with E-state index in [9.17, 15) is 0 Å². The van der Waals surface area contributed by atoms with E-state index in [-0.39, 0.29) is 0 Å². The van der Waals surface area contributed by atoms with Crippen LogP contribution in [0.3, 0.4) is 0 Å². The summed E-state index contributed by atoms with van der Waals surface area (Å²) in [5.74, 6) is 0. The average Bonchev–Trinajstić information content (AvgIpc) is 2.55. The monoisotopic (exact) mass is 271 g/mol. The number of para-hydroxylation sites is 2. The first-order chi connectivity index (χ1) is 10.4. The van der Waals surface area contributed by atoms with E-state index in [4.69, 9.17) is 0 Å². The number of hydrogen-bond acceptors (Lipinski definition) is 1. The minimum Gasteiger partial charge on any atom is -0.337 e. The van der Waals surface area contributed by atoms with Gasteiger partial charge in [-0.2, -0.15) is 0 Å². The molecule has 0 aromatic heterocycles. The summed E-state index contributed by atoms with van der Waals surface area (Å²) in [5, 5.41) is 0. The summed E-state index contributed by atoms with van der Waals surface area (Å²) in [7, 11) is 0. The molecule has 1 aliphatic rings. The van der Waals surface area contributed by atoms with Crippen LogP contribution < -0.4 is 4.90 Å². The van der Waals surface area contributed by atoms with Crippen LogP contribution in [0.5, 0.6) is 0 Å². The third kappa shape index (κ3) is 2.21. The molecule has 0 saturated heterocycles. The van der Waals surface area contributed by atoms with Gasteiger partial charge in [0.1, 0.15) is 0 Å².